The molecule has 0 rings (SSSR count). The van der Waals surface area contributed by atoms with Gasteiger partial charge < -0.3 is 0 Å². The van der Waals surface area contributed by atoms with E-state index in [-0.39, 0.29) is 0 Å². The van der Waals surface area contributed by atoms with E-state index >= 15 is 0 Å². The van der Waals surface area contributed by atoms with Crippen molar-refractivity contribution in [3.8, 4) is 0 Å². The number of halogens is 3. The molecule has 0 bridgehead atoms. The van der Waals surface area contributed by atoms with E-state index in [0.29, 0.717) is 0 Å². The van der Waals surface area contributed by atoms with Crippen LogP contribution in [0.1, 0.15) is 20.8 Å². The normalized spacial score (nSPS) is 16.6. The summed E-state index contributed by atoms with van der Waals surface area (Å²) in [4.78, 5) is 11.1. The van der Waals surface area contributed by atoms with Gasteiger partial charge in [0, 0.05) is 5.41 Å². The van der Waals surface area contributed by atoms with Gasteiger partial charge in [-0.15, -0.1) is 0 Å². The van der Waals surface area contributed by atoms with Crippen LogP contribution in [0.4, 0.5) is 13.4 Å². The number of hydrogen-bond donors (Lipinski definition) is 0. The Bertz CT molecular complexity index is 227. The van der Waals surface area contributed by atoms with Crippen LogP contribution < -0.4 is 0 Å². The molecule has 0 spiro atoms. The van der Waals surface area contributed by atoms with Gasteiger partial charge >= 0.3 is 5.91 Å². The number of alkyl halides is 1. The molecule has 6 heteroatoms. The molecule has 84 valence electrons. The number of rotatable bonds is 2. The summed E-state index contributed by atoms with van der Waals surface area (Å²) in [6.07, 6.45) is 0. The van der Waals surface area contributed by atoms with Crippen LogP contribution in [0.3, 0.4) is 0 Å². The van der Waals surface area contributed by atoms with Crippen molar-refractivity contribution in [1.82, 2.24) is 5.34 Å². The van der Waals surface area contributed by atoms with Crippen molar-refractivity contribution in [2.75, 3.05) is 0 Å². The van der Waals surface area contributed by atoms with E-state index in [0.717, 1.165) is 0 Å². The Morgan fingerprint density at radius 1 is 1.21 bits per heavy atom. The lowest BCUT2D eigenvalue weighted by Gasteiger charge is -2.38. The Labute approximate surface area is 83.6 Å². The molecule has 1 amide bonds. The number of nitrogens with zero attached hydrogens (tertiary/aromatic N) is 1. The molecular formula is C8H16F3NOSi. The third-order valence-electron chi connectivity index (χ3n) is 2.35. The molecule has 0 fully saturated rings. The highest BCUT2D eigenvalue weighted by molar-refractivity contribution is 6.64. The molecule has 0 aromatic rings. The van der Waals surface area contributed by atoms with Crippen molar-refractivity contribution in [3.05, 3.63) is 0 Å². The highest BCUT2D eigenvalue weighted by Gasteiger charge is 2.54. The smallest absolute Gasteiger partial charge is 0.266 e. The van der Waals surface area contributed by atoms with Crippen molar-refractivity contribution in [3.63, 3.8) is 0 Å². The van der Waals surface area contributed by atoms with Gasteiger partial charge in [-0.1, -0.05) is 42.8 Å². The predicted molar refractivity (Wildman–Crippen MR) is 51.2 cm³/mol. The van der Waals surface area contributed by atoms with Gasteiger partial charge in [-0.25, -0.2) is 4.39 Å². The molecule has 0 saturated heterocycles. The Morgan fingerprint density at radius 3 is 1.64 bits per heavy atom. The van der Waals surface area contributed by atoms with Gasteiger partial charge in [-0.3, -0.25) is 4.79 Å². The fourth-order valence-electron chi connectivity index (χ4n) is 1.56. The highest BCUT2D eigenvalue weighted by Crippen LogP contribution is 2.38. The molecule has 0 aromatic heterocycles. The average Bonchev–Trinajstić information content (AvgIpc) is 1.98. The fourth-order valence-corrected chi connectivity index (χ4v) is 3.88. The zero-order valence-corrected chi connectivity index (χ0v) is 10.2. The summed E-state index contributed by atoms with van der Waals surface area (Å²) >= 11 is 0. The van der Waals surface area contributed by atoms with E-state index in [4.69, 9.17) is 0 Å². The molecule has 0 saturated carbocycles. The Morgan fingerprint density at radius 2 is 1.57 bits per heavy atom. The van der Waals surface area contributed by atoms with E-state index in [9.17, 15) is 18.1 Å². The van der Waals surface area contributed by atoms with Crippen molar-refractivity contribution in [2.45, 2.75) is 39.2 Å². The molecule has 0 aromatic carbocycles. The first-order chi connectivity index (χ1) is 6.05. The SMILES string of the molecule is C[SiH](C)C(F)(C(=O)N(F)F)C(C)(C)C. The molecule has 1 atom stereocenters. The van der Waals surface area contributed by atoms with Crippen LogP contribution >= 0.6 is 0 Å². The monoisotopic (exact) mass is 227 g/mol. The van der Waals surface area contributed by atoms with E-state index in [1.165, 1.54) is 20.8 Å². The molecule has 2 nitrogen and oxygen atoms in total. The summed E-state index contributed by atoms with van der Waals surface area (Å²) in [6.45, 7) is 7.48. The number of hydrogen-bond acceptors (Lipinski definition) is 1. The van der Waals surface area contributed by atoms with Crippen molar-refractivity contribution in [2.24, 2.45) is 5.41 Å². The number of carbonyl (C=O) groups is 1. The van der Waals surface area contributed by atoms with Crippen molar-refractivity contribution in [1.29, 1.82) is 0 Å². The Kier molecular flexibility index (Phi) is 3.77. The fraction of sp³-hybridized carbons (Fsp3) is 0.875. The first kappa shape index (κ1) is 13.5. The maximum absolute atomic E-state index is 14.3. The zero-order valence-electron chi connectivity index (χ0n) is 9.07. The zero-order chi connectivity index (χ0) is 11.7. The third-order valence-corrected chi connectivity index (χ3v) is 5.06. The minimum Gasteiger partial charge on any atom is -0.266 e. The molecule has 0 radical (unpaired) electrons. The van der Waals surface area contributed by atoms with Gasteiger partial charge in [0.1, 0.15) is 0 Å². The van der Waals surface area contributed by atoms with Crippen LogP contribution in [0.5, 0.6) is 0 Å². The summed E-state index contributed by atoms with van der Waals surface area (Å²) in [6, 6.07) is 0. The van der Waals surface area contributed by atoms with Gasteiger partial charge in [0.25, 0.3) is 0 Å². The van der Waals surface area contributed by atoms with Crippen LogP contribution in [0, 0.1) is 5.41 Å². The van der Waals surface area contributed by atoms with E-state index in [1.54, 1.807) is 13.1 Å². The van der Waals surface area contributed by atoms with Gasteiger partial charge in [0.15, 0.2) is 5.29 Å². The molecule has 0 heterocycles. The lowest BCUT2D eigenvalue weighted by atomic mass is 9.89. The maximum Gasteiger partial charge on any atom is 0.317 e. The molecule has 14 heavy (non-hydrogen) atoms. The van der Waals surface area contributed by atoms with Gasteiger partial charge in [0.05, 0.1) is 8.80 Å². The molecule has 0 aliphatic carbocycles. The Balaban J connectivity index is 5.23. The van der Waals surface area contributed by atoms with Crippen LogP contribution in [-0.4, -0.2) is 25.3 Å². The predicted octanol–water partition coefficient (Wildman–Crippen LogP) is 2.36. The first-order valence-corrected chi connectivity index (χ1v) is 7.28. The minimum atomic E-state index is -2.41. The molecule has 1 unspecified atom stereocenters. The standard InChI is InChI=1S/C8H16F3NOSi/c1-7(2,3)8(9,14(4)5)6(13)12(10)11/h14H,1-5H3. The van der Waals surface area contributed by atoms with E-state index in [1.807, 2.05) is 0 Å². The second-order valence-electron chi connectivity index (χ2n) is 4.65. The van der Waals surface area contributed by atoms with Gasteiger partial charge in [-0.2, -0.15) is 0 Å². The largest absolute Gasteiger partial charge is 0.317 e. The summed E-state index contributed by atoms with van der Waals surface area (Å²) < 4.78 is 38.4. The van der Waals surface area contributed by atoms with E-state index < -0.39 is 30.8 Å². The molecule has 0 aliphatic heterocycles. The molecule has 0 N–H and O–H groups in total. The Hall–Kier alpha value is -0.523. The summed E-state index contributed by atoms with van der Waals surface area (Å²) in [7, 11) is -2.18. The summed E-state index contributed by atoms with van der Waals surface area (Å²) in [5.41, 5.74) is -1.10. The minimum absolute atomic E-state index is 1.10. The second-order valence-corrected chi connectivity index (χ2v) is 7.76. The van der Waals surface area contributed by atoms with Gasteiger partial charge in [-0.05, 0) is 5.34 Å². The lowest BCUT2D eigenvalue weighted by molar-refractivity contribution is -0.200. The van der Waals surface area contributed by atoms with Crippen molar-refractivity contribution < 1.29 is 18.1 Å². The average molecular weight is 227 g/mol. The quantitative estimate of drug-likeness (QED) is 0.524. The van der Waals surface area contributed by atoms with Crippen molar-refractivity contribution >= 4 is 14.7 Å². The maximum atomic E-state index is 14.3. The van der Waals surface area contributed by atoms with Gasteiger partial charge in [0.2, 0.25) is 0 Å². The van der Waals surface area contributed by atoms with Crippen LogP contribution in [-0.2, 0) is 4.79 Å². The van der Waals surface area contributed by atoms with Crippen LogP contribution in [0.25, 0.3) is 0 Å². The third kappa shape index (κ3) is 2.10. The first-order valence-electron chi connectivity index (χ1n) is 4.40. The van der Waals surface area contributed by atoms with Crippen LogP contribution in [0.15, 0.2) is 0 Å². The number of carbonyl (C=O) groups excluding carboxylic acids is 1. The highest BCUT2D eigenvalue weighted by atomic mass is 28.3. The second kappa shape index (κ2) is 3.92. The summed E-state index contributed by atoms with van der Waals surface area (Å²) in [5.74, 6) is -1.72. The summed E-state index contributed by atoms with van der Waals surface area (Å²) in [5, 5.41) is -4.05. The van der Waals surface area contributed by atoms with Crippen LogP contribution in [0.2, 0.25) is 13.1 Å². The lowest BCUT2D eigenvalue weighted by Crippen LogP contribution is -2.58. The topological polar surface area (TPSA) is 20.3 Å². The van der Waals surface area contributed by atoms with E-state index in [2.05, 4.69) is 0 Å². The number of amides is 1. The molecular weight excluding hydrogens is 211 g/mol. The molecule has 0 aliphatic rings.